The van der Waals surface area contributed by atoms with Crippen LogP contribution in [-0.2, 0) is 0 Å². The number of hydrogen-bond acceptors (Lipinski definition) is 5. The van der Waals surface area contributed by atoms with Gasteiger partial charge in [0.25, 0.3) is 0 Å². The molecule has 0 bridgehead atoms. The minimum atomic E-state index is -0.579. The van der Waals surface area contributed by atoms with Crippen LogP contribution >= 0.6 is 0 Å². The van der Waals surface area contributed by atoms with Crippen molar-refractivity contribution in [3.63, 3.8) is 0 Å². The molecule has 0 fully saturated rings. The van der Waals surface area contributed by atoms with E-state index in [0.29, 0.717) is 34.2 Å². The zero-order valence-electron chi connectivity index (χ0n) is 13.2. The number of rotatable bonds is 5. The van der Waals surface area contributed by atoms with E-state index in [1.54, 1.807) is 30.3 Å². The van der Waals surface area contributed by atoms with Gasteiger partial charge in [-0.15, -0.1) is 0 Å². The molecule has 1 heterocycles. The quantitative estimate of drug-likeness (QED) is 0.732. The zero-order valence-corrected chi connectivity index (χ0v) is 13.2. The molecule has 0 aliphatic heterocycles. The number of benzene rings is 2. The van der Waals surface area contributed by atoms with Gasteiger partial charge in [0.1, 0.15) is 29.6 Å². The van der Waals surface area contributed by atoms with Gasteiger partial charge in [0.05, 0.1) is 10.8 Å². The molecule has 1 N–H and O–H groups in total. The Morgan fingerprint density at radius 3 is 2.65 bits per heavy atom. The van der Waals surface area contributed by atoms with Crippen LogP contribution in [0.5, 0.6) is 5.75 Å². The third-order valence-electron chi connectivity index (χ3n) is 3.57. The molecule has 1 unspecified atom stereocenters. The summed E-state index contributed by atoms with van der Waals surface area (Å²) in [4.78, 5) is 14.3. The number of aliphatic hydroxyl groups excluding tert-OH is 1. The molecule has 3 aromatic rings. The molecule has 1 atom stereocenters. The molecule has 5 heteroatoms. The Morgan fingerprint density at radius 1 is 1.13 bits per heavy atom. The molecule has 0 radical (unpaired) electrons. The fourth-order valence-corrected chi connectivity index (χ4v) is 2.54. The van der Waals surface area contributed by atoms with E-state index in [2.05, 4.69) is 0 Å². The number of para-hydroxylation sites is 1. The van der Waals surface area contributed by atoms with Crippen LogP contribution in [0.4, 0.5) is 0 Å². The first kappa shape index (κ1) is 15.5. The van der Waals surface area contributed by atoms with Crippen molar-refractivity contribution in [2.45, 2.75) is 6.10 Å². The molecule has 0 saturated heterocycles. The normalized spacial score (nSPS) is 12.9. The van der Waals surface area contributed by atoms with Crippen molar-refractivity contribution in [1.29, 1.82) is 0 Å². The van der Waals surface area contributed by atoms with E-state index in [-0.39, 0.29) is 12.0 Å². The van der Waals surface area contributed by atoms with E-state index in [0.717, 1.165) is 0 Å². The van der Waals surface area contributed by atoms with Crippen LogP contribution in [0.15, 0.2) is 51.7 Å². The van der Waals surface area contributed by atoms with Crippen LogP contribution in [0.2, 0.25) is 0 Å². The second-order valence-electron chi connectivity index (χ2n) is 5.81. The number of fused-ring (bicyclic) bond motifs is 2. The number of nitrogens with zero attached hydrogens (tertiary/aromatic N) is 1. The van der Waals surface area contributed by atoms with Gasteiger partial charge in [-0.25, -0.2) is 0 Å². The van der Waals surface area contributed by atoms with Crippen LogP contribution in [0.3, 0.4) is 0 Å². The summed E-state index contributed by atoms with van der Waals surface area (Å²) in [5.41, 5.74) is 0.976. The monoisotopic (exact) mass is 313 g/mol. The van der Waals surface area contributed by atoms with Crippen LogP contribution < -0.4 is 10.2 Å². The maximum atomic E-state index is 12.4. The first-order chi connectivity index (χ1) is 11.0. The van der Waals surface area contributed by atoms with E-state index < -0.39 is 6.10 Å². The highest BCUT2D eigenvalue weighted by atomic mass is 16.5. The van der Waals surface area contributed by atoms with Gasteiger partial charge in [-0.3, -0.25) is 4.79 Å². The number of likely N-dealkylation sites (N-methyl/N-ethyl adjacent to an activating group) is 1. The highest BCUT2D eigenvalue weighted by molar-refractivity contribution is 5.90. The largest absolute Gasteiger partial charge is 0.491 e. The van der Waals surface area contributed by atoms with Crippen LogP contribution in [0, 0.1) is 0 Å². The average Bonchev–Trinajstić information content (AvgIpc) is 2.52. The van der Waals surface area contributed by atoms with E-state index in [9.17, 15) is 9.90 Å². The second kappa shape index (κ2) is 6.40. The van der Waals surface area contributed by atoms with E-state index in [4.69, 9.17) is 9.15 Å². The fourth-order valence-electron chi connectivity index (χ4n) is 2.54. The second-order valence-corrected chi connectivity index (χ2v) is 5.81. The Labute approximate surface area is 133 Å². The molecule has 3 rings (SSSR count). The summed E-state index contributed by atoms with van der Waals surface area (Å²) in [6, 6.07) is 12.3. The van der Waals surface area contributed by atoms with Crippen molar-refractivity contribution in [3.8, 4) is 5.75 Å². The van der Waals surface area contributed by atoms with Gasteiger partial charge in [0, 0.05) is 12.6 Å². The molecule has 2 aromatic carbocycles. The highest BCUT2D eigenvalue weighted by Gasteiger charge is 2.10. The van der Waals surface area contributed by atoms with Gasteiger partial charge in [-0.1, -0.05) is 12.1 Å². The van der Waals surface area contributed by atoms with E-state index in [1.165, 1.54) is 0 Å². The summed E-state index contributed by atoms with van der Waals surface area (Å²) < 4.78 is 11.4. The van der Waals surface area contributed by atoms with Crippen LogP contribution in [0.1, 0.15) is 0 Å². The van der Waals surface area contributed by atoms with Gasteiger partial charge in [0.15, 0.2) is 0 Å². The molecule has 0 aliphatic carbocycles. The molecule has 1 aromatic heterocycles. The summed E-state index contributed by atoms with van der Waals surface area (Å²) >= 11 is 0. The first-order valence-electron chi connectivity index (χ1n) is 7.46. The molecular weight excluding hydrogens is 294 g/mol. The van der Waals surface area contributed by atoms with Gasteiger partial charge in [-0.05, 0) is 38.4 Å². The molecule has 120 valence electrons. The Hall–Kier alpha value is -2.37. The molecule has 23 heavy (non-hydrogen) atoms. The summed E-state index contributed by atoms with van der Waals surface area (Å²) in [6.45, 7) is 0.703. The standard InChI is InChI=1S/C18H19NO4/c1-19(2)10-12(20)11-22-13-7-8-15-17(9-13)23-16-6-4-3-5-14(16)18(15)21/h3-9,12,20H,10-11H2,1-2H3. The average molecular weight is 313 g/mol. The van der Waals surface area contributed by atoms with Gasteiger partial charge < -0.3 is 19.2 Å². The summed E-state index contributed by atoms with van der Waals surface area (Å²) in [5.74, 6) is 0.564. The third kappa shape index (κ3) is 3.36. The lowest BCUT2D eigenvalue weighted by molar-refractivity contribution is 0.0831. The van der Waals surface area contributed by atoms with Crippen molar-refractivity contribution < 1.29 is 14.3 Å². The third-order valence-corrected chi connectivity index (χ3v) is 3.57. The predicted octanol–water partition coefficient (Wildman–Crippen LogP) is 2.25. The number of ether oxygens (including phenoxy) is 1. The summed E-state index contributed by atoms with van der Waals surface area (Å²) in [5, 5.41) is 10.9. The van der Waals surface area contributed by atoms with Crippen molar-refractivity contribution >= 4 is 21.9 Å². The Kier molecular flexibility index (Phi) is 4.32. The highest BCUT2D eigenvalue weighted by Crippen LogP contribution is 2.22. The van der Waals surface area contributed by atoms with Crippen LogP contribution in [-0.4, -0.2) is 43.4 Å². The van der Waals surface area contributed by atoms with Crippen molar-refractivity contribution in [1.82, 2.24) is 4.90 Å². The minimum absolute atomic E-state index is 0.0546. The van der Waals surface area contributed by atoms with Crippen molar-refractivity contribution in [2.75, 3.05) is 27.2 Å². The SMILES string of the molecule is CN(C)CC(O)COc1ccc2c(=O)c3ccccc3oc2c1. The number of hydrogen-bond donors (Lipinski definition) is 1. The molecule has 0 amide bonds. The molecule has 0 spiro atoms. The molecule has 0 saturated carbocycles. The lowest BCUT2D eigenvalue weighted by atomic mass is 10.1. The summed E-state index contributed by atoms with van der Waals surface area (Å²) in [7, 11) is 3.78. The Bertz CT molecular complexity index is 885. The molecule has 0 aliphatic rings. The lowest BCUT2D eigenvalue weighted by Gasteiger charge is -2.16. The smallest absolute Gasteiger partial charge is 0.200 e. The lowest BCUT2D eigenvalue weighted by Crippen LogP contribution is -2.30. The van der Waals surface area contributed by atoms with Gasteiger partial charge >= 0.3 is 0 Å². The first-order valence-corrected chi connectivity index (χ1v) is 7.46. The number of aliphatic hydroxyl groups is 1. The minimum Gasteiger partial charge on any atom is -0.491 e. The van der Waals surface area contributed by atoms with Crippen LogP contribution in [0.25, 0.3) is 21.9 Å². The predicted molar refractivity (Wildman–Crippen MR) is 90.0 cm³/mol. The van der Waals surface area contributed by atoms with Crippen molar-refractivity contribution in [2.24, 2.45) is 0 Å². The molecule has 5 nitrogen and oxygen atoms in total. The summed E-state index contributed by atoms with van der Waals surface area (Å²) in [6.07, 6.45) is -0.579. The topological polar surface area (TPSA) is 62.9 Å². The Morgan fingerprint density at radius 2 is 1.87 bits per heavy atom. The van der Waals surface area contributed by atoms with E-state index >= 15 is 0 Å². The zero-order chi connectivity index (χ0) is 16.4. The fraction of sp³-hybridized carbons (Fsp3) is 0.278. The van der Waals surface area contributed by atoms with Crippen molar-refractivity contribution in [3.05, 3.63) is 52.7 Å². The molecular formula is C18H19NO4. The van der Waals surface area contributed by atoms with E-state index in [1.807, 2.05) is 31.1 Å². The maximum Gasteiger partial charge on any atom is 0.200 e. The maximum absolute atomic E-state index is 12.4. The van der Waals surface area contributed by atoms with Gasteiger partial charge in [0.2, 0.25) is 5.43 Å². The Balaban J connectivity index is 1.90. The van der Waals surface area contributed by atoms with Gasteiger partial charge in [-0.2, -0.15) is 0 Å².